The first kappa shape index (κ1) is 15.6. The first-order chi connectivity index (χ1) is 11.1. The molecule has 1 aliphatic rings. The highest BCUT2D eigenvalue weighted by Crippen LogP contribution is 2.33. The van der Waals surface area contributed by atoms with Gasteiger partial charge in [-0.15, -0.1) is 0 Å². The molecule has 6 heteroatoms. The van der Waals surface area contributed by atoms with Crippen molar-refractivity contribution in [1.29, 1.82) is 0 Å². The molecule has 1 heterocycles. The summed E-state index contributed by atoms with van der Waals surface area (Å²) in [5, 5.41) is 0. The molecule has 0 aromatic heterocycles. The number of thioether (sulfide) groups is 1. The largest absolute Gasteiger partial charge is 0.273 e. The van der Waals surface area contributed by atoms with E-state index >= 15 is 0 Å². The Morgan fingerprint density at radius 1 is 1.09 bits per heavy atom. The van der Waals surface area contributed by atoms with Crippen molar-refractivity contribution in [1.82, 2.24) is 4.90 Å². The second-order valence-electron chi connectivity index (χ2n) is 4.71. The molecule has 23 heavy (non-hydrogen) atoms. The van der Waals surface area contributed by atoms with Gasteiger partial charge in [0.05, 0.1) is 4.91 Å². The van der Waals surface area contributed by atoms with E-state index in [9.17, 15) is 14.0 Å². The highest BCUT2D eigenvalue weighted by molar-refractivity contribution is 8.26. The molecule has 0 saturated carbocycles. The normalized spacial score (nSPS) is 16.2. The summed E-state index contributed by atoms with van der Waals surface area (Å²) in [5.41, 5.74) is 0.649. The average molecular weight is 343 g/mol. The molecule has 3 rings (SSSR count). The quantitative estimate of drug-likeness (QED) is 0.471. The topological polar surface area (TPSA) is 37.4 Å². The van der Waals surface area contributed by atoms with E-state index in [0.29, 0.717) is 5.56 Å². The molecule has 0 spiro atoms. The van der Waals surface area contributed by atoms with Gasteiger partial charge in [0.1, 0.15) is 5.82 Å². The van der Waals surface area contributed by atoms with Crippen molar-refractivity contribution in [3.05, 3.63) is 76.4 Å². The van der Waals surface area contributed by atoms with E-state index in [0.717, 1.165) is 16.7 Å². The summed E-state index contributed by atoms with van der Waals surface area (Å²) in [6.45, 7) is 0. The van der Waals surface area contributed by atoms with Crippen molar-refractivity contribution >= 4 is 46.2 Å². The van der Waals surface area contributed by atoms with E-state index in [-0.39, 0.29) is 14.8 Å². The Labute approximate surface area is 141 Å². The molecule has 114 valence electrons. The predicted molar refractivity (Wildman–Crippen MR) is 92.2 cm³/mol. The summed E-state index contributed by atoms with van der Waals surface area (Å²) >= 11 is 6.12. The minimum atomic E-state index is -0.530. The summed E-state index contributed by atoms with van der Waals surface area (Å²) in [5.74, 6) is -1.45. The van der Waals surface area contributed by atoms with Crippen LogP contribution in [0.3, 0.4) is 0 Å². The lowest BCUT2D eigenvalue weighted by atomic mass is 10.2. The average Bonchev–Trinajstić information content (AvgIpc) is 2.84. The molecule has 2 amide bonds. The molecule has 2 aromatic carbocycles. The molecule has 1 aliphatic heterocycles. The molecule has 0 atom stereocenters. The van der Waals surface area contributed by atoms with Crippen LogP contribution >= 0.6 is 24.0 Å². The number of imide groups is 1. The van der Waals surface area contributed by atoms with Crippen molar-refractivity contribution in [2.75, 3.05) is 0 Å². The monoisotopic (exact) mass is 343 g/mol. The van der Waals surface area contributed by atoms with Gasteiger partial charge in [0.15, 0.2) is 4.32 Å². The first-order valence-corrected chi connectivity index (χ1v) is 7.92. The van der Waals surface area contributed by atoms with Crippen LogP contribution in [-0.4, -0.2) is 21.0 Å². The van der Waals surface area contributed by atoms with Crippen LogP contribution in [0.1, 0.15) is 15.9 Å². The molecular weight excluding hydrogens is 333 g/mol. The molecule has 0 radical (unpaired) electrons. The van der Waals surface area contributed by atoms with E-state index < -0.39 is 17.6 Å². The van der Waals surface area contributed by atoms with Gasteiger partial charge in [-0.1, -0.05) is 60.4 Å². The van der Waals surface area contributed by atoms with Crippen molar-refractivity contribution in [3.63, 3.8) is 0 Å². The Morgan fingerprint density at radius 3 is 2.43 bits per heavy atom. The number of hydrogen-bond acceptors (Lipinski definition) is 4. The van der Waals surface area contributed by atoms with Gasteiger partial charge >= 0.3 is 0 Å². The van der Waals surface area contributed by atoms with Crippen molar-refractivity contribution in [2.45, 2.75) is 0 Å². The zero-order chi connectivity index (χ0) is 16.4. The number of halogens is 1. The number of carbonyl (C=O) groups excluding carboxylic acids is 2. The van der Waals surface area contributed by atoms with Crippen LogP contribution in [0.5, 0.6) is 0 Å². The van der Waals surface area contributed by atoms with Gasteiger partial charge in [-0.05, 0) is 24.3 Å². The molecule has 0 aliphatic carbocycles. The van der Waals surface area contributed by atoms with Crippen molar-refractivity contribution in [2.24, 2.45) is 0 Å². The third kappa shape index (κ3) is 3.09. The first-order valence-electron chi connectivity index (χ1n) is 6.70. The van der Waals surface area contributed by atoms with Crippen LogP contribution in [0.15, 0.2) is 59.5 Å². The maximum atomic E-state index is 13.7. The molecule has 2 aromatic rings. The number of hydrogen-bond donors (Lipinski definition) is 0. The van der Waals surface area contributed by atoms with Gasteiger partial charge in [0.2, 0.25) is 0 Å². The fraction of sp³-hybridized carbons (Fsp3) is 0. The third-order valence-corrected chi connectivity index (χ3v) is 4.51. The van der Waals surface area contributed by atoms with Gasteiger partial charge < -0.3 is 0 Å². The summed E-state index contributed by atoms with van der Waals surface area (Å²) in [6.07, 6.45) is 1.41. The summed E-state index contributed by atoms with van der Waals surface area (Å²) < 4.78 is 13.9. The minimum absolute atomic E-state index is 0.145. The van der Waals surface area contributed by atoms with Gasteiger partial charge in [-0.2, -0.15) is 0 Å². The van der Waals surface area contributed by atoms with Gasteiger partial charge in [0.25, 0.3) is 11.8 Å². The molecule has 0 unspecified atom stereocenters. The van der Waals surface area contributed by atoms with Crippen LogP contribution in [0, 0.1) is 5.82 Å². The molecule has 1 saturated heterocycles. The molecule has 0 bridgehead atoms. The minimum Gasteiger partial charge on any atom is -0.268 e. The number of thiocarbonyl (C=S) groups is 1. The molecular formula is C17H10FNO2S2. The third-order valence-electron chi connectivity index (χ3n) is 3.21. The number of rotatable bonds is 2. The van der Waals surface area contributed by atoms with Crippen LogP contribution in [0.2, 0.25) is 0 Å². The second-order valence-corrected chi connectivity index (χ2v) is 6.39. The fourth-order valence-electron chi connectivity index (χ4n) is 2.09. The van der Waals surface area contributed by atoms with E-state index in [2.05, 4.69) is 0 Å². The maximum absolute atomic E-state index is 13.7. The van der Waals surface area contributed by atoms with Gasteiger partial charge in [-0.25, -0.2) is 9.29 Å². The van der Waals surface area contributed by atoms with Crippen molar-refractivity contribution < 1.29 is 14.0 Å². The van der Waals surface area contributed by atoms with Crippen LogP contribution < -0.4 is 0 Å². The lowest BCUT2D eigenvalue weighted by Gasteiger charge is -2.12. The molecule has 0 N–H and O–H groups in total. The zero-order valence-corrected chi connectivity index (χ0v) is 13.4. The Morgan fingerprint density at radius 2 is 1.74 bits per heavy atom. The smallest absolute Gasteiger partial charge is 0.268 e. The zero-order valence-electron chi connectivity index (χ0n) is 11.7. The SMILES string of the molecule is O=C1/C(=C/c2ccccc2F)SC(=S)N1C(=O)c1ccccc1. The lowest BCUT2D eigenvalue weighted by molar-refractivity contribution is -0.120. The number of nitrogens with zero attached hydrogens (tertiary/aromatic N) is 1. The van der Waals surface area contributed by atoms with Crippen LogP contribution in [0.25, 0.3) is 6.08 Å². The van der Waals surface area contributed by atoms with E-state index in [1.807, 2.05) is 0 Å². The van der Waals surface area contributed by atoms with E-state index in [1.54, 1.807) is 48.5 Å². The number of carbonyl (C=O) groups is 2. The van der Waals surface area contributed by atoms with Gasteiger partial charge in [0, 0.05) is 11.1 Å². The van der Waals surface area contributed by atoms with Crippen molar-refractivity contribution in [3.8, 4) is 0 Å². The summed E-state index contributed by atoms with van der Waals surface area (Å²) in [6, 6.07) is 14.5. The Hall–Kier alpha value is -2.31. The highest BCUT2D eigenvalue weighted by atomic mass is 32.2. The Kier molecular flexibility index (Phi) is 4.36. The predicted octanol–water partition coefficient (Wildman–Crippen LogP) is 3.87. The maximum Gasteiger partial charge on any atom is 0.273 e. The lowest BCUT2D eigenvalue weighted by Crippen LogP contribution is -2.34. The van der Waals surface area contributed by atoms with E-state index in [4.69, 9.17) is 12.2 Å². The van der Waals surface area contributed by atoms with E-state index in [1.165, 1.54) is 12.1 Å². The highest BCUT2D eigenvalue weighted by Gasteiger charge is 2.37. The summed E-state index contributed by atoms with van der Waals surface area (Å²) in [4.78, 5) is 26.1. The van der Waals surface area contributed by atoms with Gasteiger partial charge in [-0.3, -0.25) is 9.59 Å². The molecule has 3 nitrogen and oxygen atoms in total. The van der Waals surface area contributed by atoms with Crippen LogP contribution in [0.4, 0.5) is 4.39 Å². The fourth-order valence-corrected chi connectivity index (χ4v) is 3.33. The molecule has 1 fully saturated rings. The standard InChI is InChI=1S/C17H10FNO2S2/c18-13-9-5-4-8-12(13)10-14-16(21)19(17(22)23-14)15(20)11-6-2-1-3-7-11/h1-10H/b14-10-. The number of amides is 2. The van der Waals surface area contributed by atoms with Crippen LogP contribution in [-0.2, 0) is 4.79 Å². The Bertz CT molecular complexity index is 833. The summed E-state index contributed by atoms with van der Waals surface area (Å²) in [7, 11) is 0. The number of benzene rings is 2. The Balaban J connectivity index is 1.92. The second kappa shape index (κ2) is 6.44.